The van der Waals surface area contributed by atoms with E-state index in [-0.39, 0.29) is 0 Å². The molecule has 6 atom stereocenters. The van der Waals surface area contributed by atoms with Gasteiger partial charge in [-0.3, -0.25) is 0 Å². The second kappa shape index (κ2) is 5.13. The molecule has 3 saturated carbocycles. The lowest BCUT2D eigenvalue weighted by Gasteiger charge is -2.58. The van der Waals surface area contributed by atoms with Gasteiger partial charge in [0.1, 0.15) is 0 Å². The third-order valence-corrected chi connectivity index (χ3v) is 8.31. The van der Waals surface area contributed by atoms with E-state index in [9.17, 15) is 0 Å². The van der Waals surface area contributed by atoms with Gasteiger partial charge in [0.05, 0.1) is 5.71 Å². The minimum absolute atomic E-state index is 0.326. The summed E-state index contributed by atoms with van der Waals surface area (Å²) >= 11 is 0. The normalized spacial score (nSPS) is 50.5. The van der Waals surface area contributed by atoms with Crippen molar-refractivity contribution in [3.05, 3.63) is 11.6 Å². The predicted octanol–water partition coefficient (Wildman–Crippen LogP) is 5.03. The Morgan fingerprint density at radius 1 is 1.13 bits per heavy atom. The Kier molecular flexibility index (Phi) is 3.42. The molecule has 4 aliphatic carbocycles. The Labute approximate surface area is 140 Å². The fourth-order valence-corrected chi connectivity index (χ4v) is 6.92. The standard InChI is InChI=1S/C21H29NO/c1-4-14-6-8-18-17-7-5-15-13-16(22-23)9-11-21(15,3)19(17)10-12-20(14,18)2/h1,13-14,17-19,23H,5-12H2,2-3H3/t14-,17+,18+,19+,20-,21+/m1/s1. The van der Waals surface area contributed by atoms with Crippen LogP contribution in [0, 0.1) is 46.8 Å². The summed E-state index contributed by atoms with van der Waals surface area (Å²) in [5.74, 6) is 6.10. The van der Waals surface area contributed by atoms with Gasteiger partial charge >= 0.3 is 0 Å². The lowest BCUT2D eigenvalue weighted by molar-refractivity contribution is -0.0418. The molecule has 0 bridgehead atoms. The molecule has 0 radical (unpaired) electrons. The summed E-state index contributed by atoms with van der Waals surface area (Å²) in [6.07, 6.45) is 17.8. The second-order valence-corrected chi connectivity index (χ2v) is 8.93. The van der Waals surface area contributed by atoms with Crippen molar-refractivity contribution in [2.45, 2.75) is 65.2 Å². The van der Waals surface area contributed by atoms with Crippen LogP contribution in [0.2, 0.25) is 0 Å². The molecule has 23 heavy (non-hydrogen) atoms. The fourth-order valence-electron chi connectivity index (χ4n) is 6.92. The summed E-state index contributed by atoms with van der Waals surface area (Å²) in [5.41, 5.74) is 3.14. The monoisotopic (exact) mass is 311 g/mol. The zero-order valence-electron chi connectivity index (χ0n) is 14.5. The first kappa shape index (κ1) is 15.3. The van der Waals surface area contributed by atoms with Crippen LogP contribution in [0.4, 0.5) is 0 Å². The van der Waals surface area contributed by atoms with E-state index in [1.54, 1.807) is 5.57 Å². The largest absolute Gasteiger partial charge is 0.411 e. The van der Waals surface area contributed by atoms with Crippen LogP contribution in [-0.4, -0.2) is 10.9 Å². The van der Waals surface area contributed by atoms with Crippen molar-refractivity contribution < 1.29 is 5.21 Å². The number of allylic oxidation sites excluding steroid dienone is 2. The Morgan fingerprint density at radius 2 is 1.96 bits per heavy atom. The van der Waals surface area contributed by atoms with Crippen molar-refractivity contribution >= 4 is 5.71 Å². The van der Waals surface area contributed by atoms with E-state index in [1.807, 2.05) is 0 Å². The van der Waals surface area contributed by atoms with Crippen LogP contribution in [0.15, 0.2) is 16.8 Å². The van der Waals surface area contributed by atoms with Gasteiger partial charge in [-0.2, -0.15) is 0 Å². The van der Waals surface area contributed by atoms with Crippen LogP contribution in [0.25, 0.3) is 0 Å². The van der Waals surface area contributed by atoms with Gasteiger partial charge < -0.3 is 5.21 Å². The van der Waals surface area contributed by atoms with Crippen LogP contribution in [0.3, 0.4) is 0 Å². The molecule has 0 amide bonds. The first-order valence-corrected chi connectivity index (χ1v) is 9.41. The predicted molar refractivity (Wildman–Crippen MR) is 93.2 cm³/mol. The van der Waals surface area contributed by atoms with Gasteiger partial charge in [0.15, 0.2) is 0 Å². The van der Waals surface area contributed by atoms with Gasteiger partial charge in [-0.15, -0.1) is 12.3 Å². The fraction of sp³-hybridized carbons (Fsp3) is 0.762. The third-order valence-electron chi connectivity index (χ3n) is 8.31. The Bertz CT molecular complexity index is 612. The third kappa shape index (κ3) is 1.98. The molecule has 0 heterocycles. The Hall–Kier alpha value is -1.23. The molecule has 0 aromatic heterocycles. The quantitative estimate of drug-likeness (QED) is 0.380. The van der Waals surface area contributed by atoms with Crippen molar-refractivity contribution in [2.75, 3.05) is 0 Å². The van der Waals surface area contributed by atoms with E-state index in [2.05, 4.69) is 31.0 Å². The van der Waals surface area contributed by atoms with E-state index < -0.39 is 0 Å². The van der Waals surface area contributed by atoms with Crippen LogP contribution in [0.5, 0.6) is 0 Å². The lowest BCUT2D eigenvalue weighted by Crippen LogP contribution is -2.50. The highest BCUT2D eigenvalue weighted by molar-refractivity contribution is 5.96. The van der Waals surface area contributed by atoms with Gasteiger partial charge in [-0.25, -0.2) is 0 Å². The molecular formula is C21H29NO. The zero-order valence-corrected chi connectivity index (χ0v) is 14.5. The van der Waals surface area contributed by atoms with Gasteiger partial charge in [-0.1, -0.05) is 24.6 Å². The summed E-state index contributed by atoms with van der Waals surface area (Å²) in [6, 6.07) is 0. The molecule has 0 aromatic rings. The van der Waals surface area contributed by atoms with Gasteiger partial charge in [-0.05, 0) is 86.0 Å². The van der Waals surface area contributed by atoms with Crippen molar-refractivity contribution in [1.29, 1.82) is 0 Å². The smallest absolute Gasteiger partial charge is 0.0795 e. The molecule has 2 heteroatoms. The van der Waals surface area contributed by atoms with E-state index in [0.29, 0.717) is 16.7 Å². The molecule has 1 N–H and O–H groups in total. The first-order chi connectivity index (χ1) is 11.0. The molecule has 2 nitrogen and oxygen atoms in total. The number of fused-ring (bicyclic) bond motifs is 5. The van der Waals surface area contributed by atoms with Gasteiger partial charge in [0.25, 0.3) is 0 Å². The minimum atomic E-state index is 0.326. The van der Waals surface area contributed by atoms with E-state index >= 15 is 0 Å². The minimum Gasteiger partial charge on any atom is -0.411 e. The van der Waals surface area contributed by atoms with Gasteiger partial charge in [0.2, 0.25) is 0 Å². The number of nitrogens with zero attached hydrogens (tertiary/aromatic N) is 1. The van der Waals surface area contributed by atoms with E-state index in [0.717, 1.165) is 36.3 Å². The number of hydrogen-bond acceptors (Lipinski definition) is 2. The number of rotatable bonds is 0. The van der Waals surface area contributed by atoms with Crippen molar-refractivity contribution in [1.82, 2.24) is 0 Å². The van der Waals surface area contributed by atoms with Crippen LogP contribution in [0.1, 0.15) is 65.2 Å². The maximum atomic E-state index is 9.14. The molecule has 4 aliphatic rings. The molecule has 0 spiro atoms. The van der Waals surface area contributed by atoms with Crippen LogP contribution >= 0.6 is 0 Å². The summed E-state index contributed by atoms with van der Waals surface area (Å²) in [4.78, 5) is 0. The number of hydrogen-bond donors (Lipinski definition) is 1. The summed E-state index contributed by atoms with van der Waals surface area (Å²) in [6.45, 7) is 4.97. The Morgan fingerprint density at radius 3 is 2.70 bits per heavy atom. The highest BCUT2D eigenvalue weighted by Gasteiger charge is 2.58. The maximum Gasteiger partial charge on any atom is 0.0795 e. The second-order valence-electron chi connectivity index (χ2n) is 8.93. The summed E-state index contributed by atoms with van der Waals surface area (Å²) < 4.78 is 0. The number of oxime groups is 1. The van der Waals surface area contributed by atoms with Crippen molar-refractivity contribution in [2.24, 2.45) is 39.7 Å². The summed E-state index contributed by atoms with van der Waals surface area (Å²) in [5, 5.41) is 12.6. The molecule has 124 valence electrons. The molecular weight excluding hydrogens is 282 g/mol. The molecule has 4 rings (SSSR count). The molecule has 0 aromatic carbocycles. The van der Waals surface area contributed by atoms with E-state index in [4.69, 9.17) is 11.6 Å². The van der Waals surface area contributed by atoms with Crippen molar-refractivity contribution in [3.8, 4) is 12.3 Å². The topological polar surface area (TPSA) is 32.6 Å². The summed E-state index contributed by atoms with van der Waals surface area (Å²) in [7, 11) is 0. The van der Waals surface area contributed by atoms with Gasteiger partial charge in [0, 0.05) is 5.92 Å². The average Bonchev–Trinajstić information content (AvgIpc) is 2.90. The lowest BCUT2D eigenvalue weighted by atomic mass is 9.47. The van der Waals surface area contributed by atoms with Crippen molar-refractivity contribution in [3.63, 3.8) is 0 Å². The van der Waals surface area contributed by atoms with Crippen LogP contribution in [-0.2, 0) is 0 Å². The zero-order chi connectivity index (χ0) is 16.2. The first-order valence-electron chi connectivity index (χ1n) is 9.41. The molecule has 0 saturated heterocycles. The van der Waals surface area contributed by atoms with Crippen LogP contribution < -0.4 is 0 Å². The SMILES string of the molecule is C#C[C@@H]1CC[C@H]2[C@@H]3CCC4=CC(=NO)CC[C@]4(C)[C@H]3CC[C@]12C. The highest BCUT2D eigenvalue weighted by atomic mass is 16.4. The maximum absolute atomic E-state index is 9.14. The Balaban J connectivity index is 1.67. The molecule has 0 aliphatic heterocycles. The van der Waals surface area contributed by atoms with E-state index in [1.165, 1.54) is 38.5 Å². The molecule has 3 fully saturated rings. The number of terminal acetylenes is 1. The highest BCUT2D eigenvalue weighted by Crippen LogP contribution is 2.66. The molecule has 0 unspecified atom stereocenters. The average molecular weight is 311 g/mol.